The Labute approximate surface area is 401 Å². The van der Waals surface area contributed by atoms with Crippen molar-refractivity contribution < 1.29 is 75.5 Å². The highest BCUT2D eigenvalue weighted by Crippen LogP contribution is 2.65. The van der Waals surface area contributed by atoms with Crippen LogP contribution in [-0.2, 0) is 41.8 Å². The summed E-state index contributed by atoms with van der Waals surface area (Å²) in [5.74, 6) is -0.578. The maximum absolute atomic E-state index is 14.3. The SMILES string of the molecule is CN(CCCC(=O)NC/C=C/c1cn([C@@H]2O[C@H](COP(=O)(O)OP(=O)(O)OP(=O)([O-])O)[C@@H](O)[C@H]2O)c(=O)[nH]c1=O)C(=O)c1ccccc1C1=C2C=CC(=[N+](C)C)C=C2C(C)(C)c2cc(N(C)C)ccc21. The number of rotatable bonds is 18. The molecule has 2 amide bonds. The minimum atomic E-state index is -5.91. The van der Waals surface area contributed by atoms with Crippen LogP contribution in [0.2, 0.25) is 0 Å². The smallest absolute Gasteiger partial charge is 0.487 e. The van der Waals surface area contributed by atoms with Crippen molar-refractivity contribution in [3.63, 3.8) is 0 Å². The average molecular weight is 1030 g/mol. The number of amides is 2. The number of aromatic amines is 1. The number of aliphatic hydroxyl groups is 2. The molecule has 3 aliphatic rings. The van der Waals surface area contributed by atoms with E-state index in [4.69, 9.17) is 9.63 Å². The lowest BCUT2D eigenvalue weighted by Crippen LogP contribution is -2.38. The number of phosphoric acid groups is 3. The van der Waals surface area contributed by atoms with Crippen LogP contribution in [0.5, 0.6) is 0 Å². The fourth-order valence-electron chi connectivity index (χ4n) is 8.16. The Morgan fingerprint density at radius 3 is 2.36 bits per heavy atom. The summed E-state index contributed by atoms with van der Waals surface area (Å²) in [4.78, 5) is 96.5. The number of allylic oxidation sites excluding steroid dienone is 5. The van der Waals surface area contributed by atoms with Crippen LogP contribution in [0.4, 0.5) is 5.69 Å². The predicted molar refractivity (Wildman–Crippen MR) is 254 cm³/mol. The van der Waals surface area contributed by atoms with Crippen molar-refractivity contribution in [1.29, 1.82) is 0 Å². The standard InChI is InChI=1S/C44H55N6O17P3/c1-44(2)33-22-27(47(3)4)16-18-31(33)37(32-19-17-28(48(5)6)23-34(32)44)29-13-8-9-14-30(29)41(55)49(7)21-11-15-36(51)45-20-10-12-26-24-50(43(56)46-40(26)54)42-39(53)38(52)35(65-42)25-64-69(60,61)67-70(62,63)66-68(57,58)59/h8-10,12-14,16-19,22-24,35,38-39,42,52-53H,11,15,20-21,25H2,1-7H3,(H5-,45,46,51,54,56,57,58,59,60,61,62,63)/b12-10+/t35-,38-,39-,42-/m1/s1. The molecule has 0 spiro atoms. The second kappa shape index (κ2) is 21.2. The lowest BCUT2D eigenvalue weighted by molar-refractivity contribution is -0.462. The van der Waals surface area contributed by atoms with E-state index in [-0.39, 0.29) is 42.3 Å². The fraction of sp³-hybridized carbons (Fsp3) is 0.386. The minimum Gasteiger partial charge on any atom is -0.756 e. The molecule has 2 heterocycles. The molecule has 0 bridgehead atoms. The van der Waals surface area contributed by atoms with Gasteiger partial charge in [0.2, 0.25) is 5.91 Å². The third kappa shape index (κ3) is 12.4. The average Bonchev–Trinajstić information content (AvgIpc) is 3.55. The van der Waals surface area contributed by atoms with Gasteiger partial charge in [0.15, 0.2) is 11.9 Å². The second-order valence-electron chi connectivity index (χ2n) is 17.5. The monoisotopic (exact) mass is 1030 g/mol. The molecule has 1 saturated heterocycles. The van der Waals surface area contributed by atoms with Gasteiger partial charge in [-0.1, -0.05) is 50.3 Å². The number of hydrogen-bond acceptors (Lipinski definition) is 15. The number of ether oxygens (including phenoxy) is 1. The summed E-state index contributed by atoms with van der Waals surface area (Å²) < 4.78 is 54.2. The van der Waals surface area contributed by atoms with E-state index >= 15 is 0 Å². The van der Waals surface area contributed by atoms with Crippen LogP contribution < -0.4 is 26.4 Å². The van der Waals surface area contributed by atoms with E-state index in [9.17, 15) is 57.8 Å². The summed E-state index contributed by atoms with van der Waals surface area (Å²) >= 11 is 0. The summed E-state index contributed by atoms with van der Waals surface area (Å²) in [6.45, 7) is 3.48. The van der Waals surface area contributed by atoms with Crippen LogP contribution in [0.1, 0.15) is 65.5 Å². The number of nitrogens with one attached hydrogen (secondary N) is 2. The van der Waals surface area contributed by atoms with Crippen molar-refractivity contribution in [2.45, 2.75) is 56.6 Å². The molecule has 1 fully saturated rings. The molecular weight excluding hydrogens is 977 g/mol. The molecule has 23 nitrogen and oxygen atoms in total. The largest absolute Gasteiger partial charge is 0.756 e. The lowest BCUT2D eigenvalue weighted by atomic mass is 9.64. The topological polar surface area (TPSA) is 323 Å². The summed E-state index contributed by atoms with van der Waals surface area (Å²) in [6.07, 6.45) is 3.11. The number of H-pyrrole nitrogens is 1. The summed E-state index contributed by atoms with van der Waals surface area (Å²) in [5.41, 5.74) is 6.20. The van der Waals surface area contributed by atoms with Crippen LogP contribution in [-0.4, -0.2) is 135 Å². The molecule has 7 N–H and O–H groups in total. The maximum Gasteiger partial charge on any atom is 0.487 e. The maximum atomic E-state index is 14.3. The van der Waals surface area contributed by atoms with E-state index in [1.165, 1.54) is 12.2 Å². The molecule has 378 valence electrons. The van der Waals surface area contributed by atoms with Crippen LogP contribution >= 0.6 is 23.5 Å². The van der Waals surface area contributed by atoms with Crippen LogP contribution in [0.25, 0.3) is 11.6 Å². The molecule has 2 aromatic carbocycles. The Morgan fingerprint density at radius 1 is 0.986 bits per heavy atom. The highest BCUT2D eigenvalue weighted by atomic mass is 31.3. The molecular formula is C44H55N6O17P3. The molecule has 2 aliphatic carbocycles. The zero-order valence-electron chi connectivity index (χ0n) is 39.1. The zero-order valence-corrected chi connectivity index (χ0v) is 41.8. The number of hydrogen-bond donors (Lipinski definition) is 7. The van der Waals surface area contributed by atoms with Crippen LogP contribution in [0.3, 0.4) is 0 Å². The predicted octanol–water partition coefficient (Wildman–Crippen LogP) is 1.92. The van der Waals surface area contributed by atoms with Crippen molar-refractivity contribution in [2.24, 2.45) is 0 Å². The number of aromatic nitrogens is 2. The first-order valence-corrected chi connectivity index (χ1v) is 26.0. The summed E-state index contributed by atoms with van der Waals surface area (Å²) in [5, 5.41) is 23.8. The number of carbonyl (C=O) groups is 2. The van der Waals surface area contributed by atoms with E-state index in [0.29, 0.717) is 16.6 Å². The Hall–Kier alpha value is -5.22. The molecule has 7 atom stereocenters. The van der Waals surface area contributed by atoms with E-state index in [2.05, 4.69) is 78.2 Å². The molecule has 70 heavy (non-hydrogen) atoms. The number of fused-ring (bicyclic) bond motifs is 2. The number of carbonyl (C=O) groups excluding carboxylic acids is 2. The number of anilines is 1. The molecule has 1 aromatic heterocycles. The van der Waals surface area contributed by atoms with Crippen molar-refractivity contribution in [3.8, 4) is 0 Å². The Morgan fingerprint density at radius 2 is 1.69 bits per heavy atom. The molecule has 6 rings (SSSR count). The molecule has 0 radical (unpaired) electrons. The third-order valence-corrected chi connectivity index (χ3v) is 15.5. The van der Waals surface area contributed by atoms with Crippen molar-refractivity contribution in [1.82, 2.24) is 19.8 Å². The van der Waals surface area contributed by atoms with Gasteiger partial charge in [-0.05, 0) is 64.1 Å². The van der Waals surface area contributed by atoms with Gasteiger partial charge in [0.25, 0.3) is 19.3 Å². The molecule has 1 aliphatic heterocycles. The Balaban J connectivity index is 1.07. The lowest BCUT2D eigenvalue weighted by Gasteiger charge is -2.39. The summed E-state index contributed by atoms with van der Waals surface area (Å²) in [6, 6.07) is 13.9. The van der Waals surface area contributed by atoms with Gasteiger partial charge >= 0.3 is 21.3 Å². The second-order valence-corrected chi connectivity index (χ2v) is 21.9. The highest BCUT2D eigenvalue weighted by molar-refractivity contribution is 7.66. The van der Waals surface area contributed by atoms with Gasteiger partial charge in [-0.3, -0.25) is 33.0 Å². The molecule has 26 heteroatoms. The van der Waals surface area contributed by atoms with E-state index < -0.39 is 65.9 Å². The Bertz CT molecular complexity index is 2980. The minimum absolute atomic E-state index is 0.0497. The number of aliphatic hydroxyl groups excluding tert-OH is 2. The van der Waals surface area contributed by atoms with E-state index in [1.807, 2.05) is 57.4 Å². The first kappa shape index (κ1) is 54.1. The van der Waals surface area contributed by atoms with Gasteiger partial charge in [0, 0.05) is 75.7 Å². The van der Waals surface area contributed by atoms with Gasteiger partial charge in [0.1, 0.15) is 32.4 Å². The van der Waals surface area contributed by atoms with Crippen LogP contribution in [0.15, 0.2) is 93.7 Å². The highest BCUT2D eigenvalue weighted by Gasteiger charge is 2.47. The van der Waals surface area contributed by atoms with Gasteiger partial charge < -0.3 is 49.6 Å². The van der Waals surface area contributed by atoms with Crippen molar-refractivity contribution >= 4 is 58.3 Å². The number of benzene rings is 2. The van der Waals surface area contributed by atoms with E-state index in [0.717, 1.165) is 51.0 Å². The fourth-order valence-corrected chi connectivity index (χ4v) is 11.2. The first-order chi connectivity index (χ1) is 32.6. The first-order valence-electron chi connectivity index (χ1n) is 21.5. The van der Waals surface area contributed by atoms with Crippen LogP contribution in [0, 0.1) is 0 Å². The van der Waals surface area contributed by atoms with Gasteiger partial charge in [0.05, 0.1) is 12.2 Å². The van der Waals surface area contributed by atoms with Gasteiger partial charge in [-0.2, -0.15) is 4.31 Å². The summed E-state index contributed by atoms with van der Waals surface area (Å²) in [7, 11) is -7.78. The molecule has 3 unspecified atom stereocenters. The normalized spacial score (nSPS) is 22.1. The zero-order chi connectivity index (χ0) is 51.7. The molecule has 0 saturated carbocycles. The van der Waals surface area contributed by atoms with Gasteiger partial charge in [-0.25, -0.2) is 22.8 Å². The third-order valence-electron chi connectivity index (χ3n) is 11.7. The van der Waals surface area contributed by atoms with Gasteiger partial charge in [-0.15, -0.1) is 0 Å². The molecule has 3 aromatic rings. The number of nitrogens with zero attached hydrogens (tertiary/aromatic N) is 4. The number of phosphoric ester groups is 1. The van der Waals surface area contributed by atoms with E-state index in [1.54, 1.807) is 11.9 Å². The van der Waals surface area contributed by atoms with Crippen molar-refractivity contribution in [3.05, 3.63) is 133 Å². The van der Waals surface area contributed by atoms with Crippen molar-refractivity contribution in [2.75, 3.05) is 59.8 Å². The quantitative estimate of drug-likeness (QED) is 0.0707. The Kier molecular flexibility index (Phi) is 16.4.